The zero-order valence-electron chi connectivity index (χ0n) is 12.7. The van der Waals surface area contributed by atoms with Crippen LogP contribution in [0.3, 0.4) is 0 Å². The second kappa shape index (κ2) is 8.46. The maximum Gasteiger partial charge on any atom is 0.319 e. The van der Waals surface area contributed by atoms with Crippen molar-refractivity contribution < 1.29 is 14.4 Å². The molecule has 2 rings (SSSR count). The van der Waals surface area contributed by atoms with Crippen molar-refractivity contribution in [3.8, 4) is 0 Å². The second-order valence-electron chi connectivity index (χ2n) is 4.78. The lowest BCUT2D eigenvalue weighted by atomic mass is 10.2. The number of carbonyl (C=O) groups is 3. The Morgan fingerprint density at radius 3 is 2.58 bits per heavy atom. The van der Waals surface area contributed by atoms with Crippen LogP contribution in [-0.4, -0.2) is 24.4 Å². The largest absolute Gasteiger partial charge is 0.329 e. The van der Waals surface area contributed by atoms with Gasteiger partial charge in [0.15, 0.2) is 0 Å². The number of aryl methyl sites for hydroxylation is 1. The van der Waals surface area contributed by atoms with Crippen LogP contribution in [0.1, 0.15) is 15.2 Å². The number of hydrogen-bond acceptors (Lipinski definition) is 4. The van der Waals surface area contributed by atoms with E-state index in [0.717, 1.165) is 9.35 Å². The third-order valence-corrected chi connectivity index (χ3v) is 4.42. The Hall–Kier alpha value is -2.39. The SMILES string of the molecule is Cc1cccc(NC(=O)NCC(=O)NNC(=O)c2ccc(Br)s2)c1. The van der Waals surface area contributed by atoms with Crippen molar-refractivity contribution in [3.05, 3.63) is 50.6 Å². The molecule has 4 N–H and O–H groups in total. The first-order chi connectivity index (χ1) is 11.4. The Kier molecular flexibility index (Phi) is 6.33. The van der Waals surface area contributed by atoms with Gasteiger partial charge in [-0.1, -0.05) is 12.1 Å². The van der Waals surface area contributed by atoms with E-state index in [-0.39, 0.29) is 6.54 Å². The maximum absolute atomic E-state index is 11.7. The molecule has 1 aromatic heterocycles. The van der Waals surface area contributed by atoms with Gasteiger partial charge in [-0.15, -0.1) is 11.3 Å². The molecule has 0 unspecified atom stereocenters. The quantitative estimate of drug-likeness (QED) is 0.582. The van der Waals surface area contributed by atoms with Crippen molar-refractivity contribution in [1.29, 1.82) is 0 Å². The van der Waals surface area contributed by atoms with Gasteiger partial charge in [0, 0.05) is 5.69 Å². The molecule has 0 aliphatic rings. The first kappa shape index (κ1) is 18.0. The number of rotatable bonds is 4. The Labute approximate surface area is 150 Å². The fourth-order valence-electron chi connectivity index (χ4n) is 1.73. The van der Waals surface area contributed by atoms with Crippen LogP contribution in [0.25, 0.3) is 0 Å². The molecule has 0 radical (unpaired) electrons. The topological polar surface area (TPSA) is 99.3 Å². The van der Waals surface area contributed by atoms with Crippen LogP contribution in [0.5, 0.6) is 0 Å². The predicted octanol–water partition coefficient (Wildman–Crippen LogP) is 2.40. The summed E-state index contributed by atoms with van der Waals surface area (Å²) in [5.41, 5.74) is 6.14. The van der Waals surface area contributed by atoms with Gasteiger partial charge in [0.05, 0.1) is 8.66 Å². The van der Waals surface area contributed by atoms with Crippen molar-refractivity contribution in [2.24, 2.45) is 0 Å². The molecule has 0 spiro atoms. The number of urea groups is 1. The standard InChI is InChI=1S/C15H15BrN4O3S/c1-9-3-2-4-10(7-9)18-15(23)17-8-13(21)19-20-14(22)11-5-6-12(16)24-11/h2-7H,8H2,1H3,(H,19,21)(H,20,22)(H2,17,18,23). The number of hydrogen-bond donors (Lipinski definition) is 4. The van der Waals surface area contributed by atoms with Gasteiger partial charge in [-0.3, -0.25) is 20.4 Å². The lowest BCUT2D eigenvalue weighted by Crippen LogP contribution is -2.46. The molecule has 2 aromatic rings. The molecule has 0 atom stereocenters. The number of amides is 4. The molecule has 4 amide bonds. The van der Waals surface area contributed by atoms with Crippen LogP contribution in [-0.2, 0) is 4.79 Å². The van der Waals surface area contributed by atoms with Gasteiger partial charge < -0.3 is 10.6 Å². The van der Waals surface area contributed by atoms with Gasteiger partial charge >= 0.3 is 6.03 Å². The molecule has 0 saturated carbocycles. The summed E-state index contributed by atoms with van der Waals surface area (Å²) in [6, 6.07) is 10.1. The molecule has 0 fully saturated rings. The minimum Gasteiger partial charge on any atom is -0.329 e. The fraction of sp³-hybridized carbons (Fsp3) is 0.133. The monoisotopic (exact) mass is 410 g/mol. The Morgan fingerprint density at radius 1 is 1.12 bits per heavy atom. The highest BCUT2D eigenvalue weighted by atomic mass is 79.9. The normalized spacial score (nSPS) is 9.92. The van der Waals surface area contributed by atoms with Crippen molar-refractivity contribution in [2.45, 2.75) is 6.92 Å². The van der Waals surface area contributed by atoms with E-state index >= 15 is 0 Å². The van der Waals surface area contributed by atoms with Crippen molar-refractivity contribution in [3.63, 3.8) is 0 Å². The molecule has 7 nitrogen and oxygen atoms in total. The molecule has 24 heavy (non-hydrogen) atoms. The highest BCUT2D eigenvalue weighted by Crippen LogP contribution is 2.21. The van der Waals surface area contributed by atoms with E-state index in [9.17, 15) is 14.4 Å². The van der Waals surface area contributed by atoms with Crippen LogP contribution in [0.4, 0.5) is 10.5 Å². The number of hydrazine groups is 1. The predicted molar refractivity (Wildman–Crippen MR) is 95.8 cm³/mol. The highest BCUT2D eigenvalue weighted by Gasteiger charge is 2.10. The van der Waals surface area contributed by atoms with Crippen LogP contribution in [0, 0.1) is 6.92 Å². The Morgan fingerprint density at radius 2 is 1.92 bits per heavy atom. The number of carbonyl (C=O) groups excluding carboxylic acids is 3. The summed E-state index contributed by atoms with van der Waals surface area (Å²) in [5, 5.41) is 5.01. The third-order valence-electron chi connectivity index (χ3n) is 2.80. The van der Waals surface area contributed by atoms with Gasteiger partial charge in [-0.25, -0.2) is 4.79 Å². The fourth-order valence-corrected chi connectivity index (χ4v) is 3.01. The van der Waals surface area contributed by atoms with E-state index in [2.05, 4.69) is 37.4 Å². The summed E-state index contributed by atoms with van der Waals surface area (Å²) in [5.74, 6) is -0.971. The minimum atomic E-state index is -0.543. The smallest absolute Gasteiger partial charge is 0.319 e. The van der Waals surface area contributed by atoms with Gasteiger partial charge in [0.25, 0.3) is 11.8 Å². The van der Waals surface area contributed by atoms with Crippen molar-refractivity contribution >= 4 is 50.8 Å². The average Bonchev–Trinajstić information content (AvgIpc) is 2.97. The third kappa shape index (κ3) is 5.67. The van der Waals surface area contributed by atoms with Crippen LogP contribution in [0.2, 0.25) is 0 Å². The maximum atomic E-state index is 11.7. The van der Waals surface area contributed by atoms with E-state index in [0.29, 0.717) is 10.6 Å². The summed E-state index contributed by atoms with van der Waals surface area (Å²) in [6.45, 7) is 1.64. The van der Waals surface area contributed by atoms with E-state index < -0.39 is 17.8 Å². The molecule has 0 aliphatic heterocycles. The Balaban J connectivity index is 1.71. The first-order valence-corrected chi connectivity index (χ1v) is 8.51. The number of thiophene rings is 1. The summed E-state index contributed by atoms with van der Waals surface area (Å²) in [6.07, 6.45) is 0. The number of nitrogens with one attached hydrogen (secondary N) is 4. The van der Waals surface area contributed by atoms with E-state index in [4.69, 9.17) is 0 Å². The molecule has 0 bridgehead atoms. The van der Waals surface area contributed by atoms with Crippen LogP contribution < -0.4 is 21.5 Å². The van der Waals surface area contributed by atoms with E-state index in [1.54, 1.807) is 24.3 Å². The van der Waals surface area contributed by atoms with E-state index in [1.807, 2.05) is 19.1 Å². The summed E-state index contributed by atoms with van der Waals surface area (Å²) in [4.78, 5) is 35.5. The molecule has 0 saturated heterocycles. The van der Waals surface area contributed by atoms with Gasteiger partial charge in [0.1, 0.15) is 6.54 Å². The zero-order chi connectivity index (χ0) is 17.5. The Bertz CT molecular complexity index is 763. The number of anilines is 1. The average molecular weight is 411 g/mol. The molecule has 1 aromatic carbocycles. The van der Waals surface area contributed by atoms with Crippen LogP contribution in [0.15, 0.2) is 40.2 Å². The van der Waals surface area contributed by atoms with Crippen molar-refractivity contribution in [1.82, 2.24) is 16.2 Å². The van der Waals surface area contributed by atoms with Crippen LogP contribution >= 0.6 is 27.3 Å². The molecule has 9 heteroatoms. The first-order valence-electron chi connectivity index (χ1n) is 6.90. The molecule has 0 aliphatic carbocycles. The summed E-state index contributed by atoms with van der Waals surface area (Å²) in [7, 11) is 0. The summed E-state index contributed by atoms with van der Waals surface area (Å²) < 4.78 is 0.813. The lowest BCUT2D eigenvalue weighted by molar-refractivity contribution is -0.120. The molecular formula is C15H15BrN4O3S. The molecule has 126 valence electrons. The van der Waals surface area contributed by atoms with E-state index in [1.165, 1.54) is 11.3 Å². The minimum absolute atomic E-state index is 0.272. The van der Waals surface area contributed by atoms with Gasteiger partial charge in [0.2, 0.25) is 0 Å². The molecule has 1 heterocycles. The lowest BCUT2D eigenvalue weighted by Gasteiger charge is -2.09. The van der Waals surface area contributed by atoms with Crippen molar-refractivity contribution in [2.75, 3.05) is 11.9 Å². The number of benzene rings is 1. The highest BCUT2D eigenvalue weighted by molar-refractivity contribution is 9.11. The number of halogens is 1. The summed E-state index contributed by atoms with van der Waals surface area (Å²) >= 11 is 4.49. The molecular weight excluding hydrogens is 396 g/mol. The van der Waals surface area contributed by atoms with Gasteiger partial charge in [-0.05, 0) is 52.7 Å². The van der Waals surface area contributed by atoms with Gasteiger partial charge in [-0.2, -0.15) is 0 Å². The zero-order valence-corrected chi connectivity index (χ0v) is 15.1. The second-order valence-corrected chi connectivity index (χ2v) is 7.25.